The Bertz CT molecular complexity index is 571. The summed E-state index contributed by atoms with van der Waals surface area (Å²) in [7, 11) is 0. The monoisotopic (exact) mass is 268 g/mol. The summed E-state index contributed by atoms with van der Waals surface area (Å²) in [5.41, 5.74) is 9.71. The number of carbonyl (C=O) groups is 1. The Labute approximate surface area is 119 Å². The molecule has 3 N–H and O–H groups in total. The second-order valence-electron chi connectivity index (χ2n) is 5.26. The zero-order valence-corrected chi connectivity index (χ0v) is 11.9. The van der Waals surface area contributed by atoms with Crippen molar-refractivity contribution >= 4 is 17.3 Å². The molecule has 104 valence electrons. The average Bonchev–Trinajstić information content (AvgIpc) is 2.43. The second kappa shape index (κ2) is 6.24. The lowest BCUT2D eigenvalue weighted by molar-refractivity contribution is -0.118. The quantitative estimate of drug-likeness (QED) is 0.834. The number of nitrogen functional groups attached to an aromatic ring is 1. The molecule has 0 unspecified atom stereocenters. The molecule has 20 heavy (non-hydrogen) atoms. The predicted molar refractivity (Wildman–Crippen MR) is 83.6 cm³/mol. The van der Waals surface area contributed by atoms with Gasteiger partial charge in [0.05, 0.1) is 0 Å². The van der Waals surface area contributed by atoms with Crippen LogP contribution in [0.3, 0.4) is 0 Å². The molecular weight excluding hydrogens is 248 g/mol. The molecule has 0 fully saturated rings. The van der Waals surface area contributed by atoms with E-state index in [0.29, 0.717) is 0 Å². The Kier molecular flexibility index (Phi) is 4.41. The van der Waals surface area contributed by atoms with E-state index in [1.807, 2.05) is 62.4 Å². The van der Waals surface area contributed by atoms with Gasteiger partial charge in [-0.05, 0) is 41.8 Å². The van der Waals surface area contributed by atoms with Gasteiger partial charge in [0.1, 0.15) is 0 Å². The smallest absolute Gasteiger partial charge is 0.226 e. The molecule has 0 atom stereocenters. The van der Waals surface area contributed by atoms with Crippen molar-refractivity contribution in [1.29, 1.82) is 0 Å². The maximum atomic E-state index is 11.6. The third-order valence-corrected chi connectivity index (χ3v) is 3.13. The van der Waals surface area contributed by atoms with Crippen LogP contribution in [0.5, 0.6) is 0 Å². The van der Waals surface area contributed by atoms with E-state index in [4.69, 9.17) is 5.73 Å². The van der Waals surface area contributed by atoms with E-state index in [9.17, 15) is 4.79 Å². The number of amides is 1. The van der Waals surface area contributed by atoms with Crippen LogP contribution in [0.25, 0.3) is 0 Å². The predicted octanol–water partition coefficient (Wildman–Crippen LogP) is 3.45. The van der Waals surface area contributed by atoms with Crippen molar-refractivity contribution in [2.75, 3.05) is 11.1 Å². The van der Waals surface area contributed by atoms with E-state index >= 15 is 0 Å². The summed E-state index contributed by atoms with van der Waals surface area (Å²) in [6.07, 6.45) is 0.860. The van der Waals surface area contributed by atoms with E-state index in [0.717, 1.165) is 17.8 Å². The second-order valence-corrected chi connectivity index (χ2v) is 5.26. The van der Waals surface area contributed by atoms with Crippen LogP contribution in [0.4, 0.5) is 11.4 Å². The van der Waals surface area contributed by atoms with Crippen LogP contribution >= 0.6 is 0 Å². The third-order valence-electron chi connectivity index (χ3n) is 3.13. The van der Waals surface area contributed by atoms with Crippen LogP contribution in [0.1, 0.15) is 25.0 Å². The highest BCUT2D eigenvalue weighted by Gasteiger charge is 2.06. The number of rotatable bonds is 4. The normalized spacial score (nSPS) is 10.6. The highest BCUT2D eigenvalue weighted by atomic mass is 16.1. The standard InChI is InChI=1S/C17H20N2O/c1-12(2)17(20)19-16-9-5-14(6-10-16)11-13-3-7-15(18)8-4-13/h3-10,12H,11,18H2,1-2H3,(H,19,20). The maximum Gasteiger partial charge on any atom is 0.226 e. The van der Waals surface area contributed by atoms with Crippen molar-refractivity contribution < 1.29 is 4.79 Å². The SMILES string of the molecule is CC(C)C(=O)Nc1ccc(Cc2ccc(N)cc2)cc1. The fourth-order valence-electron chi connectivity index (χ4n) is 1.86. The molecule has 0 aromatic heterocycles. The summed E-state index contributed by atoms with van der Waals surface area (Å²) < 4.78 is 0. The summed E-state index contributed by atoms with van der Waals surface area (Å²) in [4.78, 5) is 11.6. The van der Waals surface area contributed by atoms with E-state index < -0.39 is 0 Å². The molecule has 0 saturated heterocycles. The summed E-state index contributed by atoms with van der Waals surface area (Å²) >= 11 is 0. The van der Waals surface area contributed by atoms with E-state index in [-0.39, 0.29) is 11.8 Å². The third kappa shape index (κ3) is 3.85. The number of nitrogens with one attached hydrogen (secondary N) is 1. The van der Waals surface area contributed by atoms with Gasteiger partial charge < -0.3 is 11.1 Å². The minimum absolute atomic E-state index is 0.00976. The van der Waals surface area contributed by atoms with Crippen LogP contribution in [-0.2, 0) is 11.2 Å². The van der Waals surface area contributed by atoms with Crippen LogP contribution < -0.4 is 11.1 Å². The lowest BCUT2D eigenvalue weighted by Gasteiger charge is -2.08. The van der Waals surface area contributed by atoms with Gasteiger partial charge in [0.25, 0.3) is 0 Å². The van der Waals surface area contributed by atoms with Crippen LogP contribution in [-0.4, -0.2) is 5.91 Å². The van der Waals surface area contributed by atoms with E-state index in [1.165, 1.54) is 11.1 Å². The highest BCUT2D eigenvalue weighted by molar-refractivity contribution is 5.92. The molecule has 3 nitrogen and oxygen atoms in total. The number of anilines is 2. The first-order chi connectivity index (χ1) is 9.54. The average molecular weight is 268 g/mol. The number of carbonyl (C=O) groups excluding carboxylic acids is 1. The van der Waals surface area contributed by atoms with Crippen molar-refractivity contribution in [3.63, 3.8) is 0 Å². The molecule has 0 spiro atoms. The van der Waals surface area contributed by atoms with Gasteiger partial charge in [-0.1, -0.05) is 38.1 Å². The molecule has 1 amide bonds. The molecule has 3 heteroatoms. The van der Waals surface area contributed by atoms with Crippen LogP contribution in [0, 0.1) is 5.92 Å². The van der Waals surface area contributed by atoms with Crippen molar-refractivity contribution in [1.82, 2.24) is 0 Å². The maximum absolute atomic E-state index is 11.6. The molecule has 0 heterocycles. The first kappa shape index (κ1) is 14.1. The molecule has 2 rings (SSSR count). The number of hydrogen-bond acceptors (Lipinski definition) is 2. The Morgan fingerprint density at radius 3 is 2.00 bits per heavy atom. The number of nitrogens with two attached hydrogens (primary N) is 1. The topological polar surface area (TPSA) is 55.1 Å². The van der Waals surface area contributed by atoms with Crippen molar-refractivity contribution in [3.05, 3.63) is 59.7 Å². The molecule has 0 aliphatic heterocycles. The van der Waals surface area contributed by atoms with Crippen molar-refractivity contribution in [2.45, 2.75) is 20.3 Å². The van der Waals surface area contributed by atoms with Gasteiger partial charge in [0, 0.05) is 17.3 Å². The molecular formula is C17H20N2O. The zero-order chi connectivity index (χ0) is 14.5. The molecule has 2 aromatic carbocycles. The molecule has 0 aliphatic rings. The fraction of sp³-hybridized carbons (Fsp3) is 0.235. The Morgan fingerprint density at radius 2 is 1.50 bits per heavy atom. The molecule has 0 radical (unpaired) electrons. The first-order valence-electron chi connectivity index (χ1n) is 6.79. The van der Waals surface area contributed by atoms with Gasteiger partial charge in [0.15, 0.2) is 0 Å². The largest absolute Gasteiger partial charge is 0.399 e. The highest BCUT2D eigenvalue weighted by Crippen LogP contribution is 2.15. The zero-order valence-electron chi connectivity index (χ0n) is 11.9. The van der Waals surface area contributed by atoms with Gasteiger partial charge in [-0.15, -0.1) is 0 Å². The molecule has 0 aliphatic carbocycles. The summed E-state index contributed by atoms with van der Waals surface area (Å²) in [5.74, 6) is 0.0285. The molecule has 0 saturated carbocycles. The molecule has 0 bridgehead atoms. The van der Waals surface area contributed by atoms with Gasteiger partial charge >= 0.3 is 0 Å². The lowest BCUT2D eigenvalue weighted by atomic mass is 10.0. The van der Waals surface area contributed by atoms with Crippen LogP contribution in [0.15, 0.2) is 48.5 Å². The summed E-state index contributed by atoms with van der Waals surface area (Å²) in [6, 6.07) is 15.8. The number of hydrogen-bond donors (Lipinski definition) is 2. The Hall–Kier alpha value is -2.29. The van der Waals surface area contributed by atoms with Crippen molar-refractivity contribution in [2.24, 2.45) is 5.92 Å². The van der Waals surface area contributed by atoms with Crippen molar-refractivity contribution in [3.8, 4) is 0 Å². The van der Waals surface area contributed by atoms with Gasteiger partial charge in [-0.2, -0.15) is 0 Å². The first-order valence-corrected chi connectivity index (χ1v) is 6.79. The number of benzene rings is 2. The Balaban J connectivity index is 2.01. The van der Waals surface area contributed by atoms with E-state index in [1.54, 1.807) is 0 Å². The molecule has 2 aromatic rings. The van der Waals surface area contributed by atoms with Gasteiger partial charge in [0.2, 0.25) is 5.91 Å². The minimum atomic E-state index is -0.00976. The summed E-state index contributed by atoms with van der Waals surface area (Å²) in [6.45, 7) is 3.76. The minimum Gasteiger partial charge on any atom is -0.399 e. The fourth-order valence-corrected chi connectivity index (χ4v) is 1.86. The van der Waals surface area contributed by atoms with E-state index in [2.05, 4.69) is 5.32 Å². The van der Waals surface area contributed by atoms with Gasteiger partial charge in [-0.3, -0.25) is 4.79 Å². The Morgan fingerprint density at radius 1 is 1.00 bits per heavy atom. The summed E-state index contributed by atoms with van der Waals surface area (Å²) in [5, 5.41) is 2.88. The van der Waals surface area contributed by atoms with Crippen LogP contribution in [0.2, 0.25) is 0 Å². The lowest BCUT2D eigenvalue weighted by Crippen LogP contribution is -2.17. The van der Waals surface area contributed by atoms with Gasteiger partial charge in [-0.25, -0.2) is 0 Å².